The van der Waals surface area contributed by atoms with E-state index < -0.39 is 0 Å². The zero-order valence-electron chi connectivity index (χ0n) is 15.1. The summed E-state index contributed by atoms with van der Waals surface area (Å²) in [6.45, 7) is 10.4. The van der Waals surface area contributed by atoms with Crippen LogP contribution in [0.4, 0.5) is 17.3 Å². The maximum absolute atomic E-state index is 4.65. The van der Waals surface area contributed by atoms with E-state index in [0.717, 1.165) is 50.1 Å². The fourth-order valence-corrected chi connectivity index (χ4v) is 3.14. The minimum atomic E-state index is 0.806. The molecule has 0 radical (unpaired) electrons. The summed E-state index contributed by atoms with van der Waals surface area (Å²) in [5.41, 5.74) is 3.72. The molecule has 0 atom stereocenters. The van der Waals surface area contributed by atoms with Crippen molar-refractivity contribution in [1.82, 2.24) is 14.9 Å². The molecule has 1 aromatic heterocycles. The maximum Gasteiger partial charge on any atom is 0.136 e. The van der Waals surface area contributed by atoms with Crippen LogP contribution < -0.4 is 10.2 Å². The summed E-state index contributed by atoms with van der Waals surface area (Å²) < 4.78 is 0. The van der Waals surface area contributed by atoms with Crippen molar-refractivity contribution in [3.05, 3.63) is 41.2 Å². The smallest absolute Gasteiger partial charge is 0.136 e. The third kappa shape index (κ3) is 3.67. The topological polar surface area (TPSA) is 44.3 Å². The fraction of sp³-hybridized carbons (Fsp3) is 0.474. The lowest BCUT2D eigenvalue weighted by molar-refractivity contribution is 0.312. The van der Waals surface area contributed by atoms with Crippen LogP contribution >= 0.6 is 0 Å². The fourth-order valence-electron chi connectivity index (χ4n) is 3.14. The highest BCUT2D eigenvalue weighted by Crippen LogP contribution is 2.26. The van der Waals surface area contributed by atoms with E-state index in [9.17, 15) is 0 Å². The maximum atomic E-state index is 4.65. The van der Waals surface area contributed by atoms with Gasteiger partial charge in [0.1, 0.15) is 17.5 Å². The van der Waals surface area contributed by atoms with E-state index in [1.165, 1.54) is 16.8 Å². The van der Waals surface area contributed by atoms with Gasteiger partial charge in [-0.1, -0.05) is 25.1 Å². The largest absolute Gasteiger partial charge is 0.354 e. The number of nitrogens with zero attached hydrogens (tertiary/aromatic N) is 4. The Balaban J connectivity index is 1.87. The lowest BCUT2D eigenvalue weighted by atomic mass is 10.1. The van der Waals surface area contributed by atoms with Gasteiger partial charge < -0.3 is 15.1 Å². The molecule has 1 N–H and O–H groups in total. The van der Waals surface area contributed by atoms with Crippen LogP contribution in [0.5, 0.6) is 0 Å². The van der Waals surface area contributed by atoms with E-state index in [1.807, 2.05) is 6.92 Å². The Hall–Kier alpha value is -2.14. The van der Waals surface area contributed by atoms with E-state index in [2.05, 4.69) is 70.2 Å². The minimum Gasteiger partial charge on any atom is -0.354 e. The predicted molar refractivity (Wildman–Crippen MR) is 100 cm³/mol. The summed E-state index contributed by atoms with van der Waals surface area (Å²) in [5, 5.41) is 3.53. The second-order valence-corrected chi connectivity index (χ2v) is 6.54. The number of rotatable bonds is 4. The Bertz CT molecular complexity index is 705. The Kier molecular flexibility index (Phi) is 5.00. The number of nitrogens with one attached hydrogen (secondary N) is 1. The predicted octanol–water partition coefficient (Wildman–Crippen LogP) is 3.15. The normalized spacial score (nSPS) is 15.6. The number of piperazine rings is 1. The molecule has 2 heterocycles. The van der Waals surface area contributed by atoms with Gasteiger partial charge >= 0.3 is 0 Å². The zero-order valence-corrected chi connectivity index (χ0v) is 15.1. The van der Waals surface area contributed by atoms with E-state index >= 15 is 0 Å². The first kappa shape index (κ1) is 16.7. The molecule has 1 aliphatic rings. The highest BCUT2D eigenvalue weighted by molar-refractivity contribution is 5.66. The molecule has 1 aromatic carbocycles. The first-order valence-corrected chi connectivity index (χ1v) is 8.71. The molecule has 24 heavy (non-hydrogen) atoms. The molecule has 5 heteroatoms. The van der Waals surface area contributed by atoms with Crippen molar-refractivity contribution >= 4 is 17.3 Å². The van der Waals surface area contributed by atoms with E-state index in [4.69, 9.17) is 0 Å². The number of hydrogen-bond acceptors (Lipinski definition) is 5. The minimum absolute atomic E-state index is 0.806. The molecule has 5 nitrogen and oxygen atoms in total. The molecule has 2 aromatic rings. The molecule has 0 aliphatic carbocycles. The van der Waals surface area contributed by atoms with Crippen LogP contribution in [-0.2, 0) is 6.42 Å². The van der Waals surface area contributed by atoms with Crippen LogP contribution in [0.2, 0.25) is 0 Å². The van der Waals surface area contributed by atoms with E-state index in [-0.39, 0.29) is 0 Å². The summed E-state index contributed by atoms with van der Waals surface area (Å²) >= 11 is 0. The van der Waals surface area contributed by atoms with Gasteiger partial charge in [-0.2, -0.15) is 0 Å². The van der Waals surface area contributed by atoms with Crippen LogP contribution in [0.3, 0.4) is 0 Å². The van der Waals surface area contributed by atoms with Gasteiger partial charge in [0.2, 0.25) is 0 Å². The third-order valence-electron chi connectivity index (χ3n) is 4.64. The van der Waals surface area contributed by atoms with Gasteiger partial charge in [0.25, 0.3) is 0 Å². The van der Waals surface area contributed by atoms with Crippen molar-refractivity contribution in [2.75, 3.05) is 43.4 Å². The molecular formula is C19H27N5. The molecule has 1 aliphatic heterocycles. The van der Waals surface area contributed by atoms with Gasteiger partial charge in [-0.15, -0.1) is 0 Å². The Morgan fingerprint density at radius 2 is 1.83 bits per heavy atom. The standard InChI is InChI=1S/C19H27N5/c1-5-16-8-6-7-14(2)19(16)22-17-13-18(21-15(3)20-17)24-11-9-23(4)10-12-24/h6-8,13H,5,9-12H2,1-4H3,(H,20,21,22). The summed E-state index contributed by atoms with van der Waals surface area (Å²) in [7, 11) is 2.17. The second kappa shape index (κ2) is 7.18. The molecule has 0 bridgehead atoms. The van der Waals surface area contributed by atoms with Gasteiger partial charge in [0, 0.05) is 37.9 Å². The molecule has 0 saturated carbocycles. The zero-order chi connectivity index (χ0) is 17.1. The number of hydrogen-bond donors (Lipinski definition) is 1. The quantitative estimate of drug-likeness (QED) is 0.935. The summed E-state index contributed by atoms with van der Waals surface area (Å²) in [4.78, 5) is 13.9. The average Bonchev–Trinajstić information content (AvgIpc) is 2.57. The van der Waals surface area contributed by atoms with E-state index in [0.29, 0.717) is 0 Å². The lowest BCUT2D eigenvalue weighted by Gasteiger charge is -2.33. The van der Waals surface area contributed by atoms with Gasteiger partial charge in [-0.05, 0) is 38.4 Å². The lowest BCUT2D eigenvalue weighted by Crippen LogP contribution is -2.44. The van der Waals surface area contributed by atoms with Crippen LogP contribution in [0.25, 0.3) is 0 Å². The van der Waals surface area contributed by atoms with Crippen molar-refractivity contribution in [2.45, 2.75) is 27.2 Å². The molecule has 3 rings (SSSR count). The first-order chi connectivity index (χ1) is 11.6. The summed E-state index contributed by atoms with van der Waals surface area (Å²) in [6, 6.07) is 8.49. The molecule has 128 valence electrons. The summed E-state index contributed by atoms with van der Waals surface area (Å²) in [6.07, 6.45) is 0.999. The van der Waals surface area contributed by atoms with Crippen molar-refractivity contribution in [1.29, 1.82) is 0 Å². The monoisotopic (exact) mass is 325 g/mol. The number of likely N-dealkylation sites (N-methyl/N-ethyl adjacent to an activating group) is 1. The molecule has 1 fully saturated rings. The first-order valence-electron chi connectivity index (χ1n) is 8.71. The SMILES string of the molecule is CCc1cccc(C)c1Nc1cc(N2CCN(C)CC2)nc(C)n1. The Labute approximate surface area is 144 Å². The second-order valence-electron chi connectivity index (χ2n) is 6.54. The summed E-state index contributed by atoms with van der Waals surface area (Å²) in [5.74, 6) is 2.70. The number of benzene rings is 1. The highest BCUT2D eigenvalue weighted by Gasteiger charge is 2.17. The Morgan fingerprint density at radius 3 is 2.54 bits per heavy atom. The molecule has 0 unspecified atom stereocenters. The average molecular weight is 325 g/mol. The third-order valence-corrected chi connectivity index (χ3v) is 4.64. The van der Waals surface area contributed by atoms with Gasteiger partial charge in [-0.3, -0.25) is 0 Å². The molecule has 0 amide bonds. The number of aryl methyl sites for hydroxylation is 3. The highest BCUT2D eigenvalue weighted by atomic mass is 15.3. The van der Waals surface area contributed by atoms with Crippen molar-refractivity contribution in [3.63, 3.8) is 0 Å². The molecular weight excluding hydrogens is 298 g/mol. The van der Waals surface area contributed by atoms with E-state index in [1.54, 1.807) is 0 Å². The van der Waals surface area contributed by atoms with Crippen LogP contribution in [0.15, 0.2) is 24.3 Å². The Morgan fingerprint density at radius 1 is 1.08 bits per heavy atom. The van der Waals surface area contributed by atoms with Crippen molar-refractivity contribution < 1.29 is 0 Å². The van der Waals surface area contributed by atoms with Crippen LogP contribution in [0.1, 0.15) is 23.9 Å². The number of anilines is 3. The molecule has 1 saturated heterocycles. The van der Waals surface area contributed by atoms with Crippen LogP contribution in [-0.4, -0.2) is 48.1 Å². The number of aromatic nitrogens is 2. The van der Waals surface area contributed by atoms with Gasteiger partial charge in [0.15, 0.2) is 0 Å². The van der Waals surface area contributed by atoms with Crippen molar-refractivity contribution in [2.24, 2.45) is 0 Å². The molecule has 0 spiro atoms. The van der Waals surface area contributed by atoms with Crippen molar-refractivity contribution in [3.8, 4) is 0 Å². The van der Waals surface area contributed by atoms with Crippen LogP contribution in [0, 0.1) is 13.8 Å². The number of para-hydroxylation sites is 1. The van der Waals surface area contributed by atoms with Gasteiger partial charge in [0.05, 0.1) is 0 Å². The van der Waals surface area contributed by atoms with Gasteiger partial charge in [-0.25, -0.2) is 9.97 Å².